The van der Waals surface area contributed by atoms with Crippen LogP contribution in [0, 0.1) is 17.5 Å². The standard InChI is InChI=1S/C25H17F3N4O2/c26-17-9-6-15(7-10-17)24-16(14-32(31-24)18-4-2-1-3-5-18)8-11-23(33)30-22-12-19(25(29)34)20(27)13-21(22)28/h1-14H,(H2,29,34)(H,30,33). The Morgan fingerprint density at radius 2 is 1.65 bits per heavy atom. The molecule has 2 amide bonds. The second kappa shape index (κ2) is 9.45. The molecule has 0 saturated carbocycles. The van der Waals surface area contributed by atoms with Gasteiger partial charge in [0.25, 0.3) is 5.91 Å². The van der Waals surface area contributed by atoms with Crippen molar-refractivity contribution in [3.63, 3.8) is 0 Å². The highest BCUT2D eigenvalue weighted by Crippen LogP contribution is 2.25. The van der Waals surface area contributed by atoms with Crippen molar-refractivity contribution >= 4 is 23.6 Å². The summed E-state index contributed by atoms with van der Waals surface area (Å²) in [6.45, 7) is 0. The first-order valence-electron chi connectivity index (χ1n) is 10.0. The molecule has 9 heteroatoms. The van der Waals surface area contributed by atoms with Gasteiger partial charge in [0.1, 0.15) is 17.5 Å². The zero-order chi connectivity index (χ0) is 24.2. The summed E-state index contributed by atoms with van der Waals surface area (Å²) in [4.78, 5) is 23.7. The van der Waals surface area contributed by atoms with Crippen molar-refractivity contribution in [1.82, 2.24) is 9.78 Å². The first-order valence-corrected chi connectivity index (χ1v) is 10.0. The van der Waals surface area contributed by atoms with E-state index >= 15 is 0 Å². The third-order valence-electron chi connectivity index (χ3n) is 4.88. The number of para-hydroxylation sites is 1. The molecule has 0 spiro atoms. The summed E-state index contributed by atoms with van der Waals surface area (Å²) in [6, 6.07) is 16.2. The largest absolute Gasteiger partial charge is 0.366 e. The van der Waals surface area contributed by atoms with Gasteiger partial charge < -0.3 is 11.1 Å². The molecule has 0 bridgehead atoms. The quantitative estimate of drug-likeness (QED) is 0.407. The molecular formula is C25H17F3N4O2. The van der Waals surface area contributed by atoms with Gasteiger partial charge in [-0.05, 0) is 48.5 Å². The Morgan fingerprint density at radius 1 is 0.941 bits per heavy atom. The van der Waals surface area contributed by atoms with Crippen LogP contribution in [0.15, 0.2) is 79.0 Å². The van der Waals surface area contributed by atoms with Crippen LogP contribution in [-0.4, -0.2) is 21.6 Å². The van der Waals surface area contributed by atoms with Crippen LogP contribution in [0.25, 0.3) is 23.0 Å². The summed E-state index contributed by atoms with van der Waals surface area (Å²) in [6.07, 6.45) is 4.27. The number of hydrogen-bond donors (Lipinski definition) is 2. The minimum Gasteiger partial charge on any atom is -0.366 e. The molecule has 1 aromatic heterocycles. The average Bonchev–Trinajstić information content (AvgIpc) is 3.24. The van der Waals surface area contributed by atoms with Crippen LogP contribution >= 0.6 is 0 Å². The van der Waals surface area contributed by atoms with Crippen molar-refractivity contribution in [1.29, 1.82) is 0 Å². The highest BCUT2D eigenvalue weighted by atomic mass is 19.1. The van der Waals surface area contributed by atoms with Crippen LogP contribution < -0.4 is 11.1 Å². The van der Waals surface area contributed by atoms with Gasteiger partial charge in [0.05, 0.1) is 22.6 Å². The number of carbonyl (C=O) groups is 2. The second-order valence-electron chi connectivity index (χ2n) is 7.22. The Bertz CT molecular complexity index is 1400. The smallest absolute Gasteiger partial charge is 0.251 e. The third-order valence-corrected chi connectivity index (χ3v) is 4.88. The number of nitrogens with one attached hydrogen (secondary N) is 1. The monoisotopic (exact) mass is 462 g/mol. The minimum absolute atomic E-state index is 0.399. The van der Waals surface area contributed by atoms with E-state index in [1.54, 1.807) is 23.0 Å². The van der Waals surface area contributed by atoms with Gasteiger partial charge in [0.2, 0.25) is 5.91 Å². The van der Waals surface area contributed by atoms with Gasteiger partial charge in [0.15, 0.2) is 0 Å². The van der Waals surface area contributed by atoms with E-state index < -0.39 is 40.5 Å². The molecule has 34 heavy (non-hydrogen) atoms. The van der Waals surface area contributed by atoms with Crippen molar-refractivity contribution in [2.24, 2.45) is 5.73 Å². The highest BCUT2D eigenvalue weighted by Gasteiger charge is 2.15. The summed E-state index contributed by atoms with van der Waals surface area (Å²) in [7, 11) is 0. The summed E-state index contributed by atoms with van der Waals surface area (Å²) in [5.41, 5.74) is 6.52. The first-order chi connectivity index (χ1) is 16.3. The summed E-state index contributed by atoms with van der Waals surface area (Å²) in [5, 5.41) is 6.81. The van der Waals surface area contributed by atoms with E-state index in [0.29, 0.717) is 22.9 Å². The van der Waals surface area contributed by atoms with Gasteiger partial charge in [-0.25, -0.2) is 17.9 Å². The summed E-state index contributed by atoms with van der Waals surface area (Å²) >= 11 is 0. The second-order valence-corrected chi connectivity index (χ2v) is 7.22. The van der Waals surface area contributed by atoms with E-state index in [2.05, 4.69) is 10.4 Å². The van der Waals surface area contributed by atoms with E-state index in [4.69, 9.17) is 5.73 Å². The van der Waals surface area contributed by atoms with Gasteiger partial charge in [-0.1, -0.05) is 18.2 Å². The molecule has 0 aliphatic rings. The van der Waals surface area contributed by atoms with Crippen molar-refractivity contribution in [2.75, 3.05) is 5.32 Å². The van der Waals surface area contributed by atoms with E-state index in [1.165, 1.54) is 18.2 Å². The number of carbonyl (C=O) groups excluding carboxylic acids is 2. The Kier molecular flexibility index (Phi) is 6.26. The molecule has 0 aliphatic carbocycles. The Morgan fingerprint density at radius 3 is 2.32 bits per heavy atom. The maximum absolute atomic E-state index is 14.1. The van der Waals surface area contributed by atoms with E-state index in [-0.39, 0.29) is 0 Å². The Balaban J connectivity index is 1.65. The fourth-order valence-electron chi connectivity index (χ4n) is 3.23. The van der Waals surface area contributed by atoms with Gasteiger partial charge in [-0.2, -0.15) is 5.10 Å². The SMILES string of the molecule is NC(=O)c1cc(NC(=O)C=Cc2cn(-c3ccccc3)nc2-c2ccc(F)cc2)c(F)cc1F. The molecule has 0 radical (unpaired) electrons. The predicted octanol–water partition coefficient (Wildman–Crippen LogP) is 4.71. The molecule has 4 aromatic rings. The molecular weight excluding hydrogens is 445 g/mol. The number of benzene rings is 3. The molecule has 6 nitrogen and oxygen atoms in total. The number of nitrogens with zero attached hydrogens (tertiary/aromatic N) is 2. The molecule has 0 unspecified atom stereocenters. The van der Waals surface area contributed by atoms with Crippen molar-refractivity contribution < 1.29 is 22.8 Å². The predicted molar refractivity (Wildman–Crippen MR) is 121 cm³/mol. The number of anilines is 1. The third kappa shape index (κ3) is 4.88. The van der Waals surface area contributed by atoms with Gasteiger partial charge in [-0.3, -0.25) is 9.59 Å². The van der Waals surface area contributed by atoms with Crippen LogP contribution in [0.3, 0.4) is 0 Å². The van der Waals surface area contributed by atoms with Crippen LogP contribution in [-0.2, 0) is 4.79 Å². The van der Waals surface area contributed by atoms with E-state index in [0.717, 1.165) is 17.8 Å². The number of hydrogen-bond acceptors (Lipinski definition) is 3. The zero-order valence-corrected chi connectivity index (χ0v) is 17.5. The molecule has 0 fully saturated rings. The van der Waals surface area contributed by atoms with Gasteiger partial charge in [-0.15, -0.1) is 0 Å². The lowest BCUT2D eigenvalue weighted by molar-refractivity contribution is -0.111. The number of aromatic nitrogens is 2. The lowest BCUT2D eigenvalue weighted by Crippen LogP contribution is -2.16. The normalized spacial score (nSPS) is 11.0. The van der Waals surface area contributed by atoms with Gasteiger partial charge >= 0.3 is 0 Å². The molecule has 0 atom stereocenters. The molecule has 4 rings (SSSR count). The van der Waals surface area contributed by atoms with Crippen LogP contribution in [0.4, 0.5) is 18.9 Å². The highest BCUT2D eigenvalue weighted by molar-refractivity contribution is 6.03. The maximum Gasteiger partial charge on any atom is 0.251 e. The molecule has 0 aliphatic heterocycles. The first kappa shape index (κ1) is 22.5. The van der Waals surface area contributed by atoms with Crippen LogP contribution in [0.1, 0.15) is 15.9 Å². The number of nitrogens with two attached hydrogens (primary N) is 1. The number of amides is 2. The zero-order valence-electron chi connectivity index (χ0n) is 17.5. The lowest BCUT2D eigenvalue weighted by atomic mass is 10.1. The number of primary amides is 1. The number of rotatable bonds is 6. The van der Waals surface area contributed by atoms with Crippen molar-refractivity contribution in [2.45, 2.75) is 0 Å². The van der Waals surface area contributed by atoms with Crippen LogP contribution in [0.5, 0.6) is 0 Å². The molecule has 170 valence electrons. The fourth-order valence-corrected chi connectivity index (χ4v) is 3.23. The maximum atomic E-state index is 14.1. The van der Waals surface area contributed by atoms with E-state index in [1.807, 2.05) is 30.3 Å². The van der Waals surface area contributed by atoms with Crippen LogP contribution in [0.2, 0.25) is 0 Å². The molecule has 3 aromatic carbocycles. The molecule has 1 heterocycles. The average molecular weight is 462 g/mol. The van der Waals surface area contributed by atoms with E-state index in [9.17, 15) is 22.8 Å². The Labute approximate surface area is 192 Å². The van der Waals surface area contributed by atoms with Gasteiger partial charge in [0, 0.05) is 29.5 Å². The summed E-state index contributed by atoms with van der Waals surface area (Å²) in [5.74, 6) is -4.43. The van der Waals surface area contributed by atoms with Crippen molar-refractivity contribution in [3.05, 3.63) is 108 Å². The minimum atomic E-state index is -1.13. The molecule has 3 N–H and O–H groups in total. The Hall–Kier alpha value is -4.66. The summed E-state index contributed by atoms with van der Waals surface area (Å²) < 4.78 is 42.7. The molecule has 0 saturated heterocycles. The topological polar surface area (TPSA) is 90.0 Å². The fraction of sp³-hybridized carbons (Fsp3) is 0. The lowest BCUT2D eigenvalue weighted by Gasteiger charge is -2.06. The number of halogens is 3. The van der Waals surface area contributed by atoms with Crippen molar-refractivity contribution in [3.8, 4) is 16.9 Å².